The Labute approximate surface area is 107 Å². The minimum Gasteiger partial charge on any atom is -0.398 e. The largest absolute Gasteiger partial charge is 0.398 e. The van der Waals surface area contributed by atoms with Crippen LogP contribution in [-0.2, 0) is 10.0 Å². The zero-order chi connectivity index (χ0) is 13.8. The maximum absolute atomic E-state index is 13.1. The monoisotopic (exact) mass is 272 g/mol. The minimum absolute atomic E-state index is 0.0481. The number of allylic oxidation sites excluding steroid dienone is 1. The fraction of sp³-hybridized carbons (Fsp3) is 0.333. The molecule has 0 spiro atoms. The number of nitrogens with two attached hydrogens (primary N) is 1. The summed E-state index contributed by atoms with van der Waals surface area (Å²) in [4.78, 5) is -0.191. The topological polar surface area (TPSA) is 63.4 Å². The van der Waals surface area contributed by atoms with Gasteiger partial charge in [-0.1, -0.05) is 6.08 Å². The van der Waals surface area contributed by atoms with Crippen molar-refractivity contribution in [3.63, 3.8) is 0 Å². The van der Waals surface area contributed by atoms with Crippen LogP contribution in [0.2, 0.25) is 0 Å². The van der Waals surface area contributed by atoms with Gasteiger partial charge in [-0.2, -0.15) is 0 Å². The molecule has 0 amide bonds. The predicted molar refractivity (Wildman–Crippen MR) is 70.1 cm³/mol. The van der Waals surface area contributed by atoms with Crippen LogP contribution >= 0.6 is 0 Å². The molecule has 0 aliphatic carbocycles. The molecule has 0 heterocycles. The van der Waals surface area contributed by atoms with Gasteiger partial charge in [-0.05, 0) is 31.0 Å². The van der Waals surface area contributed by atoms with E-state index >= 15 is 0 Å². The molecule has 0 aliphatic heterocycles. The Morgan fingerprint density at radius 2 is 2.17 bits per heavy atom. The molecule has 1 aromatic rings. The SMILES string of the molecule is C=CCCCN(C)S(=O)(=O)c1cc(F)ccc1N. The lowest BCUT2D eigenvalue weighted by molar-refractivity contribution is 0.462. The van der Waals surface area contributed by atoms with E-state index < -0.39 is 15.8 Å². The fourth-order valence-electron chi connectivity index (χ4n) is 1.48. The van der Waals surface area contributed by atoms with E-state index in [0.717, 1.165) is 18.6 Å². The number of benzene rings is 1. The zero-order valence-electron chi connectivity index (χ0n) is 10.3. The van der Waals surface area contributed by atoms with Crippen molar-refractivity contribution in [1.82, 2.24) is 4.31 Å². The summed E-state index contributed by atoms with van der Waals surface area (Å²) in [5, 5.41) is 0. The molecule has 18 heavy (non-hydrogen) atoms. The molecule has 100 valence electrons. The number of anilines is 1. The summed E-state index contributed by atoms with van der Waals surface area (Å²) in [7, 11) is -2.29. The van der Waals surface area contributed by atoms with Gasteiger partial charge in [0.1, 0.15) is 10.7 Å². The molecule has 4 nitrogen and oxygen atoms in total. The number of unbranched alkanes of at least 4 members (excludes halogenated alkanes) is 1. The Morgan fingerprint density at radius 1 is 1.50 bits per heavy atom. The number of nitrogens with zero attached hydrogens (tertiary/aromatic N) is 1. The van der Waals surface area contributed by atoms with Gasteiger partial charge < -0.3 is 5.73 Å². The third-order valence-corrected chi connectivity index (χ3v) is 4.46. The molecule has 0 radical (unpaired) electrons. The van der Waals surface area contributed by atoms with Crippen LogP contribution in [0.4, 0.5) is 10.1 Å². The second kappa shape index (κ2) is 5.97. The molecule has 0 bridgehead atoms. The molecule has 0 atom stereocenters. The molecule has 0 saturated carbocycles. The van der Waals surface area contributed by atoms with E-state index in [1.165, 1.54) is 17.4 Å². The summed E-state index contributed by atoms with van der Waals surface area (Å²) < 4.78 is 38.6. The second-order valence-electron chi connectivity index (χ2n) is 3.94. The van der Waals surface area contributed by atoms with Gasteiger partial charge in [0.15, 0.2) is 0 Å². The van der Waals surface area contributed by atoms with Gasteiger partial charge in [-0.15, -0.1) is 6.58 Å². The number of rotatable bonds is 6. The predicted octanol–water partition coefficient (Wildman–Crippen LogP) is 1.99. The average Bonchev–Trinajstić information content (AvgIpc) is 2.32. The first kappa shape index (κ1) is 14.7. The summed E-state index contributed by atoms with van der Waals surface area (Å²) in [6, 6.07) is 3.32. The van der Waals surface area contributed by atoms with Crippen molar-refractivity contribution in [2.45, 2.75) is 17.7 Å². The third-order valence-electron chi connectivity index (χ3n) is 2.55. The first-order valence-electron chi connectivity index (χ1n) is 5.52. The van der Waals surface area contributed by atoms with Crippen molar-refractivity contribution in [2.75, 3.05) is 19.3 Å². The number of halogens is 1. The smallest absolute Gasteiger partial charge is 0.244 e. The molecular formula is C12H17FN2O2S. The first-order chi connectivity index (χ1) is 8.39. The van der Waals surface area contributed by atoms with E-state index in [-0.39, 0.29) is 10.6 Å². The quantitative estimate of drug-likeness (QED) is 0.489. The van der Waals surface area contributed by atoms with Crippen LogP contribution in [0, 0.1) is 5.82 Å². The molecule has 2 N–H and O–H groups in total. The summed E-state index contributed by atoms with van der Waals surface area (Å²) >= 11 is 0. The maximum atomic E-state index is 13.1. The Bertz CT molecular complexity index is 529. The van der Waals surface area contributed by atoms with Crippen LogP contribution in [0.25, 0.3) is 0 Å². The Balaban J connectivity index is 2.98. The Morgan fingerprint density at radius 3 is 2.78 bits per heavy atom. The molecule has 1 rings (SSSR count). The van der Waals surface area contributed by atoms with Crippen molar-refractivity contribution >= 4 is 15.7 Å². The highest BCUT2D eigenvalue weighted by atomic mass is 32.2. The molecular weight excluding hydrogens is 255 g/mol. The van der Waals surface area contributed by atoms with Crippen molar-refractivity contribution in [2.24, 2.45) is 0 Å². The number of hydrogen-bond donors (Lipinski definition) is 1. The Hall–Kier alpha value is -1.40. The highest BCUT2D eigenvalue weighted by molar-refractivity contribution is 7.89. The van der Waals surface area contributed by atoms with E-state index in [4.69, 9.17) is 5.73 Å². The van der Waals surface area contributed by atoms with Gasteiger partial charge in [-0.3, -0.25) is 0 Å². The van der Waals surface area contributed by atoms with Gasteiger partial charge >= 0.3 is 0 Å². The molecule has 0 aliphatic rings. The summed E-state index contributed by atoms with van der Waals surface area (Å²) in [6.45, 7) is 3.90. The third kappa shape index (κ3) is 3.30. The first-order valence-corrected chi connectivity index (χ1v) is 6.96. The number of sulfonamides is 1. The fourth-order valence-corrected chi connectivity index (χ4v) is 2.81. The minimum atomic E-state index is -3.74. The van der Waals surface area contributed by atoms with Crippen LogP contribution in [0.5, 0.6) is 0 Å². The van der Waals surface area contributed by atoms with Crippen molar-refractivity contribution < 1.29 is 12.8 Å². The second-order valence-corrected chi connectivity index (χ2v) is 5.95. The van der Waals surface area contributed by atoms with Crippen molar-refractivity contribution in [3.05, 3.63) is 36.7 Å². The lowest BCUT2D eigenvalue weighted by Crippen LogP contribution is -2.28. The molecule has 0 aromatic heterocycles. The highest BCUT2D eigenvalue weighted by Gasteiger charge is 2.23. The van der Waals surface area contributed by atoms with Crippen molar-refractivity contribution in [3.8, 4) is 0 Å². The molecule has 0 fully saturated rings. The Kier molecular flexibility index (Phi) is 4.86. The van der Waals surface area contributed by atoms with Crippen LogP contribution < -0.4 is 5.73 Å². The lowest BCUT2D eigenvalue weighted by Gasteiger charge is -2.17. The lowest BCUT2D eigenvalue weighted by atomic mass is 10.3. The van der Waals surface area contributed by atoms with Gasteiger partial charge in [0.05, 0.1) is 5.69 Å². The zero-order valence-corrected chi connectivity index (χ0v) is 11.1. The summed E-state index contributed by atoms with van der Waals surface area (Å²) in [5.41, 5.74) is 5.63. The molecule has 6 heteroatoms. The van der Waals surface area contributed by atoms with Gasteiger partial charge in [-0.25, -0.2) is 17.1 Å². The van der Waals surface area contributed by atoms with Gasteiger partial charge in [0.25, 0.3) is 0 Å². The van der Waals surface area contributed by atoms with E-state index in [0.29, 0.717) is 13.0 Å². The summed E-state index contributed by atoms with van der Waals surface area (Å²) in [6.07, 6.45) is 3.10. The van der Waals surface area contributed by atoms with Crippen LogP contribution in [0.3, 0.4) is 0 Å². The van der Waals surface area contributed by atoms with Crippen LogP contribution in [0.1, 0.15) is 12.8 Å². The standard InChI is InChI=1S/C12H17FN2O2S/c1-3-4-5-8-15(2)18(16,17)12-9-10(13)6-7-11(12)14/h3,6-7,9H,1,4-5,8,14H2,2H3. The molecule has 0 unspecified atom stereocenters. The van der Waals surface area contributed by atoms with E-state index in [2.05, 4.69) is 6.58 Å². The average molecular weight is 272 g/mol. The van der Waals surface area contributed by atoms with Gasteiger partial charge in [0.2, 0.25) is 10.0 Å². The molecule has 1 aromatic carbocycles. The van der Waals surface area contributed by atoms with E-state index in [9.17, 15) is 12.8 Å². The molecule has 0 saturated heterocycles. The number of nitrogen functional groups attached to an aromatic ring is 1. The normalized spacial score (nSPS) is 11.7. The van der Waals surface area contributed by atoms with Crippen LogP contribution in [0.15, 0.2) is 35.7 Å². The van der Waals surface area contributed by atoms with Gasteiger partial charge in [0, 0.05) is 13.6 Å². The van der Waals surface area contributed by atoms with Crippen molar-refractivity contribution in [1.29, 1.82) is 0 Å². The van der Waals surface area contributed by atoms with E-state index in [1.54, 1.807) is 6.08 Å². The van der Waals surface area contributed by atoms with Crippen LogP contribution in [-0.4, -0.2) is 26.3 Å². The number of hydrogen-bond acceptors (Lipinski definition) is 3. The highest BCUT2D eigenvalue weighted by Crippen LogP contribution is 2.22. The summed E-state index contributed by atoms with van der Waals surface area (Å²) in [5.74, 6) is -0.623. The maximum Gasteiger partial charge on any atom is 0.244 e. The van der Waals surface area contributed by atoms with E-state index in [1.807, 2.05) is 0 Å².